The fraction of sp³-hybridized carbons (Fsp3) is 0.583. The number of anilines is 1. The smallest absolute Gasteiger partial charge is 0.274 e. The standard InChI is InChI=1S/C12H18N4O2/c1-8-7-16(4-3-10(8)17)12(18)9-5-15-11(13-2)6-14-9/h5-6,8,10,17H,3-4,7H2,1-2H3,(H,13,15). The number of rotatable bonds is 2. The third kappa shape index (κ3) is 2.59. The third-order valence-corrected chi connectivity index (χ3v) is 3.27. The van der Waals surface area contributed by atoms with E-state index in [-0.39, 0.29) is 17.9 Å². The van der Waals surface area contributed by atoms with Crippen LogP contribution in [0.2, 0.25) is 0 Å². The molecule has 2 N–H and O–H groups in total. The molecule has 2 heterocycles. The van der Waals surface area contributed by atoms with E-state index in [2.05, 4.69) is 15.3 Å². The fourth-order valence-corrected chi connectivity index (χ4v) is 2.05. The summed E-state index contributed by atoms with van der Waals surface area (Å²) in [5, 5.41) is 12.5. The van der Waals surface area contributed by atoms with Crippen molar-refractivity contribution in [2.45, 2.75) is 19.4 Å². The Balaban J connectivity index is 2.06. The van der Waals surface area contributed by atoms with Crippen molar-refractivity contribution in [3.63, 3.8) is 0 Å². The monoisotopic (exact) mass is 250 g/mol. The van der Waals surface area contributed by atoms with Crippen molar-refractivity contribution in [1.29, 1.82) is 0 Å². The van der Waals surface area contributed by atoms with E-state index < -0.39 is 0 Å². The van der Waals surface area contributed by atoms with Gasteiger partial charge in [0.2, 0.25) is 0 Å². The Labute approximate surface area is 106 Å². The summed E-state index contributed by atoms with van der Waals surface area (Å²) in [6, 6.07) is 0. The van der Waals surface area contributed by atoms with Gasteiger partial charge in [0.1, 0.15) is 11.5 Å². The lowest BCUT2D eigenvalue weighted by Crippen LogP contribution is -2.45. The number of aromatic nitrogens is 2. The zero-order chi connectivity index (χ0) is 13.1. The molecule has 1 fully saturated rings. The Kier molecular flexibility index (Phi) is 3.76. The minimum Gasteiger partial charge on any atom is -0.393 e. The van der Waals surface area contributed by atoms with E-state index in [0.29, 0.717) is 31.0 Å². The molecule has 2 unspecified atom stereocenters. The molecule has 1 aliphatic heterocycles. The summed E-state index contributed by atoms with van der Waals surface area (Å²) < 4.78 is 0. The second-order valence-electron chi connectivity index (χ2n) is 4.62. The van der Waals surface area contributed by atoms with Crippen LogP contribution in [0.25, 0.3) is 0 Å². The first-order valence-electron chi connectivity index (χ1n) is 6.09. The van der Waals surface area contributed by atoms with E-state index in [1.165, 1.54) is 12.4 Å². The quantitative estimate of drug-likeness (QED) is 0.792. The molecular formula is C12H18N4O2. The minimum atomic E-state index is -0.313. The highest BCUT2D eigenvalue weighted by atomic mass is 16.3. The summed E-state index contributed by atoms with van der Waals surface area (Å²) in [6.07, 6.45) is 3.32. The van der Waals surface area contributed by atoms with Crippen LogP contribution in [0.3, 0.4) is 0 Å². The number of hydrogen-bond acceptors (Lipinski definition) is 5. The van der Waals surface area contributed by atoms with Crippen molar-refractivity contribution < 1.29 is 9.90 Å². The molecular weight excluding hydrogens is 232 g/mol. The van der Waals surface area contributed by atoms with E-state index in [4.69, 9.17) is 0 Å². The summed E-state index contributed by atoms with van der Waals surface area (Å²) >= 11 is 0. The first kappa shape index (κ1) is 12.8. The van der Waals surface area contributed by atoms with Gasteiger partial charge in [0, 0.05) is 20.1 Å². The maximum atomic E-state index is 12.2. The predicted octanol–water partition coefficient (Wildman–Crippen LogP) is 0.361. The molecule has 1 aromatic heterocycles. The lowest BCUT2D eigenvalue weighted by Gasteiger charge is -2.34. The average Bonchev–Trinajstić information content (AvgIpc) is 2.41. The van der Waals surface area contributed by atoms with Crippen molar-refractivity contribution in [2.24, 2.45) is 5.92 Å². The Morgan fingerprint density at radius 2 is 2.28 bits per heavy atom. The molecule has 0 aromatic carbocycles. The predicted molar refractivity (Wildman–Crippen MR) is 67.3 cm³/mol. The van der Waals surface area contributed by atoms with E-state index in [9.17, 15) is 9.90 Å². The minimum absolute atomic E-state index is 0.104. The Hall–Kier alpha value is -1.69. The van der Waals surface area contributed by atoms with E-state index in [1.807, 2.05) is 6.92 Å². The molecule has 0 bridgehead atoms. The molecule has 0 saturated carbocycles. The van der Waals surface area contributed by atoms with Gasteiger partial charge >= 0.3 is 0 Å². The summed E-state index contributed by atoms with van der Waals surface area (Å²) in [4.78, 5) is 22.1. The highest BCUT2D eigenvalue weighted by molar-refractivity contribution is 5.92. The van der Waals surface area contributed by atoms with Gasteiger partial charge in [-0.25, -0.2) is 9.97 Å². The second-order valence-corrected chi connectivity index (χ2v) is 4.62. The van der Waals surface area contributed by atoms with Crippen molar-refractivity contribution >= 4 is 11.7 Å². The third-order valence-electron chi connectivity index (χ3n) is 3.27. The van der Waals surface area contributed by atoms with Crippen LogP contribution in [0.15, 0.2) is 12.4 Å². The van der Waals surface area contributed by atoms with Gasteiger partial charge in [0.15, 0.2) is 0 Å². The van der Waals surface area contributed by atoms with Gasteiger partial charge in [-0.2, -0.15) is 0 Å². The van der Waals surface area contributed by atoms with Crippen LogP contribution in [-0.2, 0) is 0 Å². The number of nitrogens with zero attached hydrogens (tertiary/aromatic N) is 3. The Bertz CT molecular complexity index is 421. The molecule has 6 heteroatoms. The SMILES string of the molecule is CNc1cnc(C(=O)N2CCC(O)C(C)C2)cn1. The normalized spacial score (nSPS) is 23.8. The van der Waals surface area contributed by atoms with E-state index in [1.54, 1.807) is 11.9 Å². The number of aliphatic hydroxyl groups is 1. The van der Waals surface area contributed by atoms with Gasteiger partial charge < -0.3 is 15.3 Å². The van der Waals surface area contributed by atoms with Gasteiger partial charge in [0.25, 0.3) is 5.91 Å². The second kappa shape index (κ2) is 5.30. The van der Waals surface area contributed by atoms with Gasteiger partial charge in [-0.3, -0.25) is 4.79 Å². The maximum Gasteiger partial charge on any atom is 0.274 e. The molecule has 0 aliphatic carbocycles. The molecule has 1 amide bonds. The molecule has 6 nitrogen and oxygen atoms in total. The lowest BCUT2D eigenvalue weighted by atomic mass is 9.96. The van der Waals surface area contributed by atoms with Crippen molar-refractivity contribution in [1.82, 2.24) is 14.9 Å². The number of carbonyl (C=O) groups excluding carboxylic acids is 1. The number of piperidine rings is 1. The van der Waals surface area contributed by atoms with Crippen molar-refractivity contribution in [3.05, 3.63) is 18.1 Å². The van der Waals surface area contributed by atoms with Crippen LogP contribution in [-0.4, -0.2) is 52.1 Å². The number of nitrogens with one attached hydrogen (secondary N) is 1. The van der Waals surface area contributed by atoms with Crippen LogP contribution < -0.4 is 5.32 Å². The first-order valence-corrected chi connectivity index (χ1v) is 6.09. The molecule has 2 rings (SSSR count). The van der Waals surface area contributed by atoms with Gasteiger partial charge in [0.05, 0.1) is 18.5 Å². The molecule has 0 spiro atoms. The van der Waals surface area contributed by atoms with Crippen molar-refractivity contribution in [2.75, 3.05) is 25.5 Å². The lowest BCUT2D eigenvalue weighted by molar-refractivity contribution is 0.0294. The number of likely N-dealkylation sites (tertiary alicyclic amines) is 1. The zero-order valence-corrected chi connectivity index (χ0v) is 10.6. The highest BCUT2D eigenvalue weighted by Crippen LogP contribution is 2.18. The van der Waals surface area contributed by atoms with Crippen LogP contribution in [0, 0.1) is 5.92 Å². The van der Waals surface area contributed by atoms with E-state index >= 15 is 0 Å². The number of carbonyl (C=O) groups is 1. The molecule has 1 aliphatic rings. The van der Waals surface area contributed by atoms with E-state index in [0.717, 1.165) is 0 Å². The molecule has 1 aromatic rings. The first-order chi connectivity index (χ1) is 8.61. The van der Waals surface area contributed by atoms with Gasteiger partial charge in [-0.1, -0.05) is 6.92 Å². The largest absolute Gasteiger partial charge is 0.393 e. The molecule has 2 atom stereocenters. The van der Waals surface area contributed by atoms with Crippen LogP contribution in [0.1, 0.15) is 23.8 Å². The molecule has 1 saturated heterocycles. The number of aliphatic hydroxyl groups excluding tert-OH is 1. The maximum absolute atomic E-state index is 12.2. The van der Waals surface area contributed by atoms with Crippen LogP contribution in [0.4, 0.5) is 5.82 Å². The van der Waals surface area contributed by atoms with Crippen molar-refractivity contribution in [3.8, 4) is 0 Å². The Morgan fingerprint density at radius 1 is 1.50 bits per heavy atom. The topological polar surface area (TPSA) is 78.4 Å². The number of hydrogen-bond donors (Lipinski definition) is 2. The molecule has 0 radical (unpaired) electrons. The van der Waals surface area contributed by atoms with Crippen LogP contribution >= 0.6 is 0 Å². The summed E-state index contributed by atoms with van der Waals surface area (Å²) in [5.74, 6) is 0.616. The summed E-state index contributed by atoms with van der Waals surface area (Å²) in [5.41, 5.74) is 0.345. The zero-order valence-electron chi connectivity index (χ0n) is 10.6. The fourth-order valence-electron chi connectivity index (χ4n) is 2.05. The van der Waals surface area contributed by atoms with Crippen LogP contribution in [0.5, 0.6) is 0 Å². The molecule has 18 heavy (non-hydrogen) atoms. The van der Waals surface area contributed by atoms with Gasteiger partial charge in [-0.15, -0.1) is 0 Å². The summed E-state index contributed by atoms with van der Waals surface area (Å²) in [7, 11) is 1.75. The number of amides is 1. The average molecular weight is 250 g/mol. The Morgan fingerprint density at radius 3 is 2.83 bits per heavy atom. The highest BCUT2D eigenvalue weighted by Gasteiger charge is 2.28. The summed E-state index contributed by atoms with van der Waals surface area (Å²) in [6.45, 7) is 3.08. The van der Waals surface area contributed by atoms with Gasteiger partial charge in [-0.05, 0) is 12.3 Å². The molecule has 98 valence electrons.